The number of benzene rings is 7. The van der Waals surface area contributed by atoms with Gasteiger partial charge in [-0.3, -0.25) is 4.57 Å². The first-order valence-corrected chi connectivity index (χ1v) is 18.4. The molecule has 0 aliphatic carbocycles. The van der Waals surface area contributed by atoms with Crippen LogP contribution >= 0.6 is 11.3 Å². The lowest BCUT2D eigenvalue weighted by molar-refractivity contribution is 0.669. The first kappa shape index (κ1) is 28.1. The van der Waals surface area contributed by atoms with Gasteiger partial charge in [0.2, 0.25) is 0 Å². The molecule has 0 fully saturated rings. The van der Waals surface area contributed by atoms with E-state index in [9.17, 15) is 0 Å². The van der Waals surface area contributed by atoms with Gasteiger partial charge in [0, 0.05) is 64.4 Å². The summed E-state index contributed by atoms with van der Waals surface area (Å²) < 4.78 is 13.5. The summed E-state index contributed by atoms with van der Waals surface area (Å²) >= 11 is 1.91. The van der Waals surface area contributed by atoms with Crippen LogP contribution in [-0.4, -0.2) is 14.1 Å². The van der Waals surface area contributed by atoms with Crippen LogP contribution in [0.15, 0.2) is 168 Å². The molecule has 0 saturated carbocycles. The lowest BCUT2D eigenvalue weighted by Gasteiger charge is -2.10. The van der Waals surface area contributed by atoms with Crippen LogP contribution in [0.1, 0.15) is 0 Å². The minimum absolute atomic E-state index is 0.912. The maximum atomic E-state index is 6.14. The minimum atomic E-state index is 0.912. The first-order valence-electron chi connectivity index (χ1n) is 17.5. The van der Waals surface area contributed by atoms with Gasteiger partial charge in [-0.2, -0.15) is 0 Å². The Hall–Kier alpha value is -6.69. The molecule has 5 aromatic heterocycles. The molecule has 4 nitrogen and oxygen atoms in total. The van der Waals surface area contributed by atoms with Gasteiger partial charge in [0.05, 0.1) is 22.1 Å². The Morgan fingerprint density at radius 3 is 1.81 bits per heavy atom. The molecular formula is C47H27N3OS. The fraction of sp³-hybridized carbons (Fsp3) is 0. The molecule has 5 heterocycles. The molecule has 0 aliphatic rings. The van der Waals surface area contributed by atoms with Gasteiger partial charge in [-0.05, 0) is 77.9 Å². The normalized spacial score (nSPS) is 12.2. The summed E-state index contributed by atoms with van der Waals surface area (Å²) in [6, 6.07) is 56.7. The van der Waals surface area contributed by atoms with Crippen LogP contribution in [0.3, 0.4) is 0 Å². The number of aromatic nitrogens is 3. The quantitative estimate of drug-likeness (QED) is 0.186. The highest BCUT2D eigenvalue weighted by molar-refractivity contribution is 7.27. The third-order valence-corrected chi connectivity index (χ3v) is 12.0. The molecule has 0 aliphatic heterocycles. The summed E-state index contributed by atoms with van der Waals surface area (Å²) in [5, 5.41) is 9.96. The minimum Gasteiger partial charge on any atom is -0.456 e. The van der Waals surface area contributed by atoms with Gasteiger partial charge in [-0.15, -0.1) is 11.3 Å². The fourth-order valence-electron chi connectivity index (χ4n) is 8.54. The second kappa shape index (κ2) is 10.4. The highest BCUT2D eigenvalue weighted by Gasteiger charge is 2.21. The molecule has 242 valence electrons. The number of nitrogens with zero attached hydrogens (tertiary/aromatic N) is 3. The van der Waals surface area contributed by atoms with Crippen molar-refractivity contribution in [3.63, 3.8) is 0 Å². The predicted octanol–water partition coefficient (Wildman–Crippen LogP) is 13.2. The van der Waals surface area contributed by atoms with Crippen molar-refractivity contribution in [2.24, 2.45) is 0 Å². The summed E-state index contributed by atoms with van der Waals surface area (Å²) in [4.78, 5) is 4.76. The lowest BCUT2D eigenvalue weighted by Crippen LogP contribution is -1.95. The summed E-state index contributed by atoms with van der Waals surface area (Å²) in [5.41, 5.74) is 10.1. The SMILES string of the molecule is c1ccc(-n2c3ccccc3c3c4sc5c(ccc6c5c5ccccc5n6-c5cccc(-c6ccc7oc8ccccc8c7c6)c5)c4ccc32)nc1. The van der Waals surface area contributed by atoms with E-state index in [0.29, 0.717) is 0 Å². The van der Waals surface area contributed by atoms with Crippen LogP contribution in [0.4, 0.5) is 0 Å². The van der Waals surface area contributed by atoms with Gasteiger partial charge in [-0.25, -0.2) is 4.98 Å². The highest BCUT2D eigenvalue weighted by atomic mass is 32.1. The van der Waals surface area contributed by atoms with Gasteiger partial charge in [-0.1, -0.05) is 91.0 Å². The topological polar surface area (TPSA) is 35.9 Å². The zero-order valence-corrected chi connectivity index (χ0v) is 28.6. The van der Waals surface area contributed by atoms with Crippen molar-refractivity contribution in [2.45, 2.75) is 0 Å². The molecule has 12 rings (SSSR count). The Morgan fingerprint density at radius 2 is 1.06 bits per heavy atom. The van der Waals surface area contributed by atoms with Crippen molar-refractivity contribution in [3.8, 4) is 22.6 Å². The number of fused-ring (bicyclic) bond motifs is 14. The Balaban J connectivity index is 1.11. The maximum Gasteiger partial charge on any atom is 0.137 e. The van der Waals surface area contributed by atoms with Crippen LogP contribution in [0.25, 0.3) is 108 Å². The van der Waals surface area contributed by atoms with E-state index in [1.807, 2.05) is 35.7 Å². The van der Waals surface area contributed by atoms with Crippen LogP contribution in [0.2, 0.25) is 0 Å². The number of para-hydroxylation sites is 3. The summed E-state index contributed by atoms with van der Waals surface area (Å²) in [6.45, 7) is 0. The van der Waals surface area contributed by atoms with E-state index in [2.05, 4.69) is 149 Å². The van der Waals surface area contributed by atoms with Crippen LogP contribution in [-0.2, 0) is 0 Å². The van der Waals surface area contributed by atoms with Crippen molar-refractivity contribution in [1.29, 1.82) is 0 Å². The molecule has 0 N–H and O–H groups in total. The van der Waals surface area contributed by atoms with Gasteiger partial charge >= 0.3 is 0 Å². The van der Waals surface area contributed by atoms with Crippen LogP contribution < -0.4 is 0 Å². The van der Waals surface area contributed by atoms with E-state index >= 15 is 0 Å². The number of rotatable bonds is 3. The number of thiophene rings is 1. The van der Waals surface area contributed by atoms with E-state index in [-0.39, 0.29) is 0 Å². The fourth-order valence-corrected chi connectivity index (χ4v) is 9.95. The third-order valence-electron chi connectivity index (χ3n) is 10.8. The van der Waals surface area contributed by atoms with E-state index in [0.717, 1.165) is 33.4 Å². The molecule has 5 heteroatoms. The Bertz CT molecular complexity index is 3420. The largest absolute Gasteiger partial charge is 0.456 e. The van der Waals surface area contributed by atoms with Crippen LogP contribution in [0, 0.1) is 0 Å². The Kier molecular flexibility index (Phi) is 5.62. The van der Waals surface area contributed by atoms with Crippen molar-refractivity contribution in [2.75, 3.05) is 0 Å². The molecule has 12 aromatic rings. The predicted molar refractivity (Wildman–Crippen MR) is 219 cm³/mol. The summed E-state index contributed by atoms with van der Waals surface area (Å²) in [7, 11) is 0. The number of hydrogen-bond donors (Lipinski definition) is 0. The van der Waals surface area contributed by atoms with Crippen molar-refractivity contribution >= 4 is 97.1 Å². The van der Waals surface area contributed by atoms with Crippen molar-refractivity contribution in [3.05, 3.63) is 164 Å². The molecule has 0 atom stereocenters. The van der Waals surface area contributed by atoms with Gasteiger partial charge in [0.1, 0.15) is 17.0 Å². The van der Waals surface area contributed by atoms with Gasteiger partial charge in [0.15, 0.2) is 0 Å². The molecular weight excluding hydrogens is 655 g/mol. The van der Waals surface area contributed by atoms with Crippen LogP contribution in [0.5, 0.6) is 0 Å². The smallest absolute Gasteiger partial charge is 0.137 e. The number of pyridine rings is 1. The van der Waals surface area contributed by atoms with E-state index in [1.54, 1.807) is 0 Å². The van der Waals surface area contributed by atoms with Crippen molar-refractivity contribution in [1.82, 2.24) is 14.1 Å². The van der Waals surface area contributed by atoms with Gasteiger partial charge < -0.3 is 8.98 Å². The van der Waals surface area contributed by atoms with Gasteiger partial charge in [0.25, 0.3) is 0 Å². The molecule has 0 saturated heterocycles. The molecule has 0 spiro atoms. The second-order valence-electron chi connectivity index (χ2n) is 13.5. The number of furan rings is 1. The lowest BCUT2D eigenvalue weighted by atomic mass is 10.0. The third kappa shape index (κ3) is 3.78. The zero-order chi connectivity index (χ0) is 33.9. The molecule has 0 bridgehead atoms. The van der Waals surface area contributed by atoms with E-state index < -0.39 is 0 Å². The van der Waals surface area contributed by atoms with E-state index in [1.165, 1.54) is 74.9 Å². The molecule has 7 aromatic carbocycles. The van der Waals surface area contributed by atoms with Crippen molar-refractivity contribution < 1.29 is 4.42 Å². The zero-order valence-electron chi connectivity index (χ0n) is 27.7. The molecule has 0 radical (unpaired) electrons. The average Bonchev–Trinajstić information content (AvgIpc) is 3.95. The standard InChI is InChI=1S/C47H27N3OS/c1-4-15-37-34(13-1)44-39(49(37)30-11-9-10-28(26-30)29-19-24-42-36(27-29)31-12-3-6-17-41(31)51-42)22-20-32-33-21-23-40-45(47(33)52-46(32)44)35-14-2-5-16-38(35)50(40)43-18-7-8-25-48-43/h1-27H. The monoisotopic (exact) mass is 681 g/mol. The van der Waals surface area contributed by atoms with E-state index in [4.69, 9.17) is 9.40 Å². The first-order chi connectivity index (χ1) is 25.8. The average molecular weight is 682 g/mol. The Labute approximate surface area is 301 Å². The highest BCUT2D eigenvalue weighted by Crippen LogP contribution is 2.47. The second-order valence-corrected chi connectivity index (χ2v) is 14.5. The Morgan fingerprint density at radius 1 is 0.423 bits per heavy atom. The maximum absolute atomic E-state index is 6.14. The summed E-state index contributed by atoms with van der Waals surface area (Å²) in [5.74, 6) is 0.930. The summed E-state index contributed by atoms with van der Waals surface area (Å²) in [6.07, 6.45) is 1.87. The molecule has 0 amide bonds. The molecule has 52 heavy (non-hydrogen) atoms. The molecule has 0 unspecified atom stereocenters. The number of hydrogen-bond acceptors (Lipinski definition) is 3.